The average Bonchev–Trinajstić information content (AvgIpc) is 2.08. The van der Waals surface area contributed by atoms with E-state index in [1.807, 2.05) is 0 Å². The molecule has 0 bridgehead atoms. The Morgan fingerprint density at radius 1 is 1.08 bits per heavy atom. The van der Waals surface area contributed by atoms with Gasteiger partial charge in [-0.15, -0.1) is 0 Å². The minimum Gasteiger partial charge on any atom is -0.375 e. The van der Waals surface area contributed by atoms with Crippen LogP contribution in [0, 0.1) is 0 Å². The second-order valence-corrected chi connectivity index (χ2v) is 2.48. The molecule has 1 saturated heterocycles. The lowest BCUT2D eigenvalue weighted by Gasteiger charge is -2.30. The van der Waals surface area contributed by atoms with Gasteiger partial charge in [-0.2, -0.15) is 0 Å². The highest BCUT2D eigenvalue weighted by Gasteiger charge is 2.41. The van der Waals surface area contributed by atoms with Crippen LogP contribution in [-0.2, 0) is 9.59 Å². The van der Waals surface area contributed by atoms with E-state index < -0.39 is 23.9 Å². The number of urea groups is 1. The molecule has 12 heavy (non-hydrogen) atoms. The van der Waals surface area contributed by atoms with Gasteiger partial charge in [-0.3, -0.25) is 19.4 Å². The van der Waals surface area contributed by atoms with Gasteiger partial charge < -0.3 is 5.11 Å². The van der Waals surface area contributed by atoms with E-state index in [0.717, 1.165) is 0 Å². The Kier molecular flexibility index (Phi) is 1.85. The number of nitrogens with zero attached hydrogens (tertiary/aromatic N) is 2. The molecule has 0 aromatic carbocycles. The maximum absolute atomic E-state index is 11.0. The van der Waals surface area contributed by atoms with E-state index >= 15 is 0 Å². The number of hydrogen-bond donors (Lipinski definition) is 1. The third kappa shape index (κ3) is 0.964. The van der Waals surface area contributed by atoms with Gasteiger partial charge in [0, 0.05) is 14.1 Å². The fourth-order valence-electron chi connectivity index (χ4n) is 0.886. The molecule has 0 aromatic heterocycles. The van der Waals surface area contributed by atoms with Crippen molar-refractivity contribution in [3.8, 4) is 0 Å². The number of likely N-dealkylation sites (N-methyl/N-ethyl adjacent to an activating group) is 2. The topological polar surface area (TPSA) is 77.9 Å². The van der Waals surface area contributed by atoms with Gasteiger partial charge in [0.25, 0.3) is 11.8 Å². The fraction of sp³-hybridized carbons (Fsp3) is 0.500. The maximum Gasteiger partial charge on any atom is 0.333 e. The SMILES string of the molecule is CN1C(=O)C(O)C(=O)N(C)C1=O. The summed E-state index contributed by atoms with van der Waals surface area (Å²) in [6, 6.07) is -0.727. The van der Waals surface area contributed by atoms with Crippen LogP contribution in [0.1, 0.15) is 0 Å². The van der Waals surface area contributed by atoms with Gasteiger partial charge in [0.05, 0.1) is 0 Å². The number of amides is 4. The predicted octanol–water partition coefficient (Wildman–Crippen LogP) is -1.60. The molecule has 6 heteroatoms. The molecule has 1 heterocycles. The van der Waals surface area contributed by atoms with Gasteiger partial charge in [0.2, 0.25) is 6.10 Å². The van der Waals surface area contributed by atoms with Crippen LogP contribution in [0.2, 0.25) is 0 Å². The highest BCUT2D eigenvalue weighted by Crippen LogP contribution is 2.07. The summed E-state index contributed by atoms with van der Waals surface area (Å²) in [5, 5.41) is 8.97. The molecule has 1 aliphatic heterocycles. The Morgan fingerprint density at radius 2 is 1.42 bits per heavy atom. The molecular weight excluding hydrogens is 164 g/mol. The molecule has 0 saturated carbocycles. The molecule has 0 spiro atoms. The van der Waals surface area contributed by atoms with E-state index in [1.54, 1.807) is 0 Å². The van der Waals surface area contributed by atoms with Crippen LogP contribution in [0.5, 0.6) is 0 Å². The van der Waals surface area contributed by atoms with Crippen molar-refractivity contribution in [2.24, 2.45) is 0 Å². The molecule has 0 unspecified atom stereocenters. The minimum absolute atomic E-state index is 0.700. The Bertz CT molecular complexity index is 201. The molecule has 0 aromatic rings. The number of imide groups is 2. The number of carbonyl (C=O) groups is 3. The van der Waals surface area contributed by atoms with Gasteiger partial charge in [-0.1, -0.05) is 0 Å². The number of hydrogen-bond acceptors (Lipinski definition) is 4. The zero-order chi connectivity index (χ0) is 9.46. The van der Waals surface area contributed by atoms with Gasteiger partial charge >= 0.3 is 6.03 Å². The van der Waals surface area contributed by atoms with E-state index in [9.17, 15) is 14.4 Å². The molecule has 1 aliphatic rings. The van der Waals surface area contributed by atoms with Gasteiger partial charge in [-0.25, -0.2) is 4.79 Å². The van der Waals surface area contributed by atoms with E-state index in [0.29, 0.717) is 9.80 Å². The number of aliphatic hydroxyl groups excluding tert-OH is 1. The predicted molar refractivity (Wildman–Crippen MR) is 36.9 cm³/mol. The van der Waals surface area contributed by atoms with Crippen LogP contribution < -0.4 is 0 Å². The van der Waals surface area contributed by atoms with E-state index in [4.69, 9.17) is 5.11 Å². The molecule has 1 fully saturated rings. The lowest BCUT2D eigenvalue weighted by molar-refractivity contribution is -0.153. The van der Waals surface area contributed by atoms with Crippen LogP contribution in [-0.4, -0.2) is 53.0 Å². The number of carbonyl (C=O) groups excluding carboxylic acids is 3. The van der Waals surface area contributed by atoms with Crippen LogP contribution in [0.25, 0.3) is 0 Å². The van der Waals surface area contributed by atoms with Crippen molar-refractivity contribution in [3.63, 3.8) is 0 Å². The van der Waals surface area contributed by atoms with Gasteiger partial charge in [-0.05, 0) is 0 Å². The summed E-state index contributed by atoms with van der Waals surface area (Å²) in [7, 11) is 2.41. The normalized spacial score (nSPS) is 20.8. The van der Waals surface area contributed by atoms with Crippen LogP contribution in [0.4, 0.5) is 4.79 Å². The molecule has 0 radical (unpaired) electrons. The van der Waals surface area contributed by atoms with E-state index in [2.05, 4.69) is 0 Å². The third-order valence-electron chi connectivity index (χ3n) is 1.70. The minimum atomic E-state index is -1.74. The van der Waals surface area contributed by atoms with Crippen LogP contribution in [0.15, 0.2) is 0 Å². The summed E-state index contributed by atoms with van der Waals surface area (Å²) in [6.07, 6.45) is -1.74. The summed E-state index contributed by atoms with van der Waals surface area (Å²) >= 11 is 0. The van der Waals surface area contributed by atoms with E-state index in [1.165, 1.54) is 14.1 Å². The quantitative estimate of drug-likeness (QED) is 0.446. The molecule has 4 amide bonds. The first-order valence-electron chi connectivity index (χ1n) is 3.24. The summed E-state index contributed by atoms with van der Waals surface area (Å²) in [5.41, 5.74) is 0. The Hall–Kier alpha value is -1.43. The van der Waals surface area contributed by atoms with Crippen molar-refractivity contribution in [2.45, 2.75) is 6.10 Å². The van der Waals surface area contributed by atoms with Crippen molar-refractivity contribution in [3.05, 3.63) is 0 Å². The van der Waals surface area contributed by atoms with Gasteiger partial charge in [0.15, 0.2) is 0 Å². The lowest BCUT2D eigenvalue weighted by Crippen LogP contribution is -2.59. The second-order valence-electron chi connectivity index (χ2n) is 2.48. The fourth-order valence-corrected chi connectivity index (χ4v) is 0.886. The summed E-state index contributed by atoms with van der Waals surface area (Å²) in [4.78, 5) is 34.2. The smallest absolute Gasteiger partial charge is 0.333 e. The molecule has 6 nitrogen and oxygen atoms in total. The van der Waals surface area contributed by atoms with E-state index in [-0.39, 0.29) is 0 Å². The highest BCUT2D eigenvalue weighted by molar-refractivity contribution is 6.17. The van der Waals surface area contributed by atoms with Gasteiger partial charge in [0.1, 0.15) is 0 Å². The zero-order valence-electron chi connectivity index (χ0n) is 6.64. The third-order valence-corrected chi connectivity index (χ3v) is 1.70. The average molecular weight is 172 g/mol. The van der Waals surface area contributed by atoms with Crippen LogP contribution in [0.3, 0.4) is 0 Å². The van der Waals surface area contributed by atoms with Crippen molar-refractivity contribution in [1.29, 1.82) is 0 Å². The molecule has 0 atom stereocenters. The Labute approximate surface area is 68.4 Å². The first kappa shape index (κ1) is 8.66. The van der Waals surface area contributed by atoms with Crippen molar-refractivity contribution in [2.75, 3.05) is 14.1 Å². The molecule has 0 aliphatic carbocycles. The largest absolute Gasteiger partial charge is 0.375 e. The molecular formula is C6H8N2O4. The highest BCUT2D eigenvalue weighted by atomic mass is 16.3. The lowest BCUT2D eigenvalue weighted by atomic mass is 10.2. The van der Waals surface area contributed by atoms with Crippen LogP contribution >= 0.6 is 0 Å². The first-order valence-corrected chi connectivity index (χ1v) is 3.24. The monoisotopic (exact) mass is 172 g/mol. The summed E-state index contributed by atoms with van der Waals surface area (Å²) in [5.74, 6) is -1.77. The van der Waals surface area contributed by atoms with Crippen molar-refractivity contribution < 1.29 is 19.5 Å². The maximum atomic E-state index is 11.0. The molecule has 1 N–H and O–H groups in total. The molecule has 1 rings (SSSR count). The first-order chi connectivity index (χ1) is 5.46. The number of rotatable bonds is 0. The second kappa shape index (κ2) is 2.56. The Balaban J connectivity index is 2.99. The summed E-state index contributed by atoms with van der Waals surface area (Å²) < 4.78 is 0. The van der Waals surface area contributed by atoms with Crippen molar-refractivity contribution in [1.82, 2.24) is 9.80 Å². The Morgan fingerprint density at radius 3 is 1.75 bits per heavy atom. The zero-order valence-corrected chi connectivity index (χ0v) is 6.64. The molecule has 66 valence electrons. The summed E-state index contributed by atoms with van der Waals surface area (Å²) in [6.45, 7) is 0. The standard InChI is InChI=1S/C6H8N2O4/c1-7-4(10)3(9)5(11)8(2)6(7)12/h3,9H,1-2H3. The number of barbiturate groups is 1. The van der Waals surface area contributed by atoms with Crippen molar-refractivity contribution >= 4 is 17.8 Å². The number of aliphatic hydroxyl groups is 1.